The zero-order chi connectivity index (χ0) is 11.5. The topological polar surface area (TPSA) is 39.9 Å². The minimum atomic E-state index is 0.131. The number of ether oxygens (including phenoxy) is 1. The van der Waals surface area contributed by atoms with Crippen molar-refractivity contribution in [2.75, 3.05) is 6.61 Å². The van der Waals surface area contributed by atoms with Crippen LogP contribution in [0, 0.1) is 5.92 Å². The number of hydrogen-bond acceptors (Lipinski definition) is 3. The summed E-state index contributed by atoms with van der Waals surface area (Å²) in [5, 5.41) is 9.27. The molecule has 1 aromatic rings. The van der Waals surface area contributed by atoms with Gasteiger partial charge >= 0.3 is 0 Å². The lowest BCUT2D eigenvalue weighted by Gasteiger charge is -2.15. The molecule has 0 aliphatic carbocycles. The number of rotatable bonds is 4. The highest BCUT2D eigenvalue weighted by Gasteiger charge is 2.30. The molecule has 1 aliphatic rings. The summed E-state index contributed by atoms with van der Waals surface area (Å²) in [5.41, 5.74) is 0. The average molecular weight is 288 g/mol. The first-order valence-corrected chi connectivity index (χ1v) is 6.99. The molecule has 2 rings (SSSR count). The van der Waals surface area contributed by atoms with Gasteiger partial charge in [0, 0.05) is 13.2 Å². The van der Waals surface area contributed by atoms with E-state index in [9.17, 15) is 0 Å². The van der Waals surface area contributed by atoms with Gasteiger partial charge in [-0.05, 0) is 18.8 Å². The minimum Gasteiger partial charge on any atom is -0.370 e. The number of halogens is 1. The van der Waals surface area contributed by atoms with Crippen LogP contribution < -0.4 is 0 Å². The van der Waals surface area contributed by atoms with Crippen LogP contribution in [0.1, 0.15) is 44.4 Å². The molecular weight excluding hydrogens is 270 g/mol. The van der Waals surface area contributed by atoms with E-state index in [4.69, 9.17) is 4.74 Å². The zero-order valence-electron chi connectivity index (χ0n) is 9.82. The fourth-order valence-corrected chi connectivity index (χ4v) is 2.57. The van der Waals surface area contributed by atoms with Crippen molar-refractivity contribution >= 4 is 15.9 Å². The highest BCUT2D eigenvalue weighted by atomic mass is 79.9. The lowest BCUT2D eigenvalue weighted by atomic mass is 10.0. The minimum absolute atomic E-state index is 0.131. The lowest BCUT2D eigenvalue weighted by molar-refractivity contribution is 0.0837. The third kappa shape index (κ3) is 2.15. The maximum atomic E-state index is 5.76. The smallest absolute Gasteiger partial charge is 0.162 e. The number of hydrogen-bond donors (Lipinski definition) is 0. The van der Waals surface area contributed by atoms with E-state index in [0.29, 0.717) is 5.92 Å². The quantitative estimate of drug-likeness (QED) is 0.800. The zero-order valence-corrected chi connectivity index (χ0v) is 11.4. The van der Waals surface area contributed by atoms with Crippen molar-refractivity contribution in [3.8, 4) is 0 Å². The Kier molecular flexibility index (Phi) is 3.97. The predicted molar refractivity (Wildman–Crippen MR) is 65.4 cm³/mol. The first-order chi connectivity index (χ1) is 7.77. The van der Waals surface area contributed by atoms with Crippen LogP contribution in [0.15, 0.2) is 0 Å². The second-order valence-corrected chi connectivity index (χ2v) is 4.88. The Morgan fingerprint density at radius 1 is 1.50 bits per heavy atom. The van der Waals surface area contributed by atoms with Gasteiger partial charge in [-0.1, -0.05) is 29.8 Å². The van der Waals surface area contributed by atoms with E-state index in [1.807, 2.05) is 0 Å². The third-order valence-electron chi connectivity index (χ3n) is 3.06. The Morgan fingerprint density at radius 2 is 2.31 bits per heavy atom. The average Bonchev–Trinajstić information content (AvgIpc) is 2.85. The first kappa shape index (κ1) is 12.0. The van der Waals surface area contributed by atoms with Gasteiger partial charge in [0.1, 0.15) is 11.9 Å². The molecule has 0 saturated carbocycles. The van der Waals surface area contributed by atoms with Gasteiger partial charge in [-0.15, -0.1) is 10.2 Å². The highest BCUT2D eigenvalue weighted by Crippen LogP contribution is 2.33. The number of nitrogens with zero attached hydrogens (tertiary/aromatic N) is 3. The lowest BCUT2D eigenvalue weighted by Crippen LogP contribution is -2.14. The maximum absolute atomic E-state index is 5.76. The number of alkyl halides is 1. The SMILES string of the molecule is CCCn1c(CBr)nnc1C1OCCC1C. The molecule has 0 N–H and O–H groups in total. The van der Waals surface area contributed by atoms with Gasteiger partial charge in [-0.25, -0.2) is 0 Å². The molecule has 0 aromatic carbocycles. The predicted octanol–water partition coefficient (Wildman–Crippen LogP) is 2.68. The molecule has 0 bridgehead atoms. The van der Waals surface area contributed by atoms with E-state index in [0.717, 1.165) is 43.0 Å². The molecular formula is C11H18BrN3O. The van der Waals surface area contributed by atoms with Crippen LogP contribution in [0.25, 0.3) is 0 Å². The molecule has 2 atom stereocenters. The molecule has 2 heterocycles. The van der Waals surface area contributed by atoms with Crippen LogP contribution >= 0.6 is 15.9 Å². The molecule has 0 spiro atoms. The van der Waals surface area contributed by atoms with Crippen molar-refractivity contribution < 1.29 is 4.74 Å². The Morgan fingerprint density at radius 3 is 2.88 bits per heavy atom. The van der Waals surface area contributed by atoms with Crippen LogP contribution in [0.4, 0.5) is 0 Å². The van der Waals surface area contributed by atoms with Gasteiger partial charge < -0.3 is 9.30 Å². The van der Waals surface area contributed by atoms with Crippen LogP contribution in [-0.4, -0.2) is 21.4 Å². The van der Waals surface area contributed by atoms with E-state index in [1.54, 1.807) is 0 Å². The first-order valence-electron chi connectivity index (χ1n) is 5.87. The Hall–Kier alpha value is -0.420. The van der Waals surface area contributed by atoms with E-state index >= 15 is 0 Å². The van der Waals surface area contributed by atoms with Crippen molar-refractivity contribution in [1.82, 2.24) is 14.8 Å². The summed E-state index contributed by atoms with van der Waals surface area (Å²) in [6.07, 6.45) is 2.34. The molecule has 90 valence electrons. The summed E-state index contributed by atoms with van der Waals surface area (Å²) >= 11 is 3.45. The Balaban J connectivity index is 2.28. The van der Waals surface area contributed by atoms with Crippen molar-refractivity contribution in [1.29, 1.82) is 0 Å². The summed E-state index contributed by atoms with van der Waals surface area (Å²) in [6.45, 7) is 6.20. The summed E-state index contributed by atoms with van der Waals surface area (Å²) in [5.74, 6) is 2.55. The van der Waals surface area contributed by atoms with Crippen LogP contribution in [-0.2, 0) is 16.6 Å². The normalized spacial score (nSPS) is 25.2. The fraction of sp³-hybridized carbons (Fsp3) is 0.818. The van der Waals surface area contributed by atoms with Crippen LogP contribution in [0.5, 0.6) is 0 Å². The molecule has 4 nitrogen and oxygen atoms in total. The highest BCUT2D eigenvalue weighted by molar-refractivity contribution is 9.08. The van der Waals surface area contributed by atoms with Crippen molar-refractivity contribution in [2.45, 2.75) is 44.7 Å². The van der Waals surface area contributed by atoms with Crippen LogP contribution in [0.2, 0.25) is 0 Å². The molecule has 5 heteroatoms. The summed E-state index contributed by atoms with van der Waals surface area (Å²) in [7, 11) is 0. The van der Waals surface area contributed by atoms with Crippen molar-refractivity contribution in [3.63, 3.8) is 0 Å². The molecule has 1 fully saturated rings. The molecule has 1 aliphatic heterocycles. The summed E-state index contributed by atoms with van der Waals surface area (Å²) < 4.78 is 7.95. The van der Waals surface area contributed by atoms with Gasteiger partial charge in [0.25, 0.3) is 0 Å². The van der Waals surface area contributed by atoms with Gasteiger partial charge in [-0.3, -0.25) is 0 Å². The van der Waals surface area contributed by atoms with Crippen molar-refractivity contribution in [3.05, 3.63) is 11.6 Å². The van der Waals surface area contributed by atoms with Gasteiger partial charge in [0.2, 0.25) is 0 Å². The standard InChI is InChI=1S/C11H18BrN3O/c1-3-5-15-9(7-12)13-14-11(15)10-8(2)4-6-16-10/h8,10H,3-7H2,1-2H3. The van der Waals surface area contributed by atoms with Gasteiger partial charge in [0.05, 0.1) is 5.33 Å². The molecule has 16 heavy (non-hydrogen) atoms. The third-order valence-corrected chi connectivity index (χ3v) is 3.57. The largest absolute Gasteiger partial charge is 0.370 e. The second kappa shape index (κ2) is 5.27. The molecule has 2 unspecified atom stereocenters. The van der Waals surface area contributed by atoms with E-state index < -0.39 is 0 Å². The summed E-state index contributed by atoms with van der Waals surface area (Å²) in [6, 6.07) is 0. The monoisotopic (exact) mass is 287 g/mol. The molecule has 0 amide bonds. The fourth-order valence-electron chi connectivity index (χ4n) is 2.15. The van der Waals surface area contributed by atoms with Gasteiger partial charge in [0.15, 0.2) is 5.82 Å². The van der Waals surface area contributed by atoms with E-state index in [1.165, 1.54) is 0 Å². The summed E-state index contributed by atoms with van der Waals surface area (Å²) in [4.78, 5) is 0. The number of aromatic nitrogens is 3. The molecule has 1 saturated heterocycles. The van der Waals surface area contributed by atoms with Crippen molar-refractivity contribution in [2.24, 2.45) is 5.92 Å². The Bertz CT molecular complexity index is 353. The second-order valence-electron chi connectivity index (χ2n) is 4.32. The Labute approximate surface area is 105 Å². The van der Waals surface area contributed by atoms with E-state index in [2.05, 4.69) is 44.5 Å². The maximum Gasteiger partial charge on any atom is 0.162 e. The molecule has 1 aromatic heterocycles. The van der Waals surface area contributed by atoms with Crippen LogP contribution in [0.3, 0.4) is 0 Å². The van der Waals surface area contributed by atoms with Gasteiger partial charge in [-0.2, -0.15) is 0 Å². The van der Waals surface area contributed by atoms with E-state index in [-0.39, 0.29) is 6.10 Å². The molecule has 0 radical (unpaired) electrons.